The summed E-state index contributed by atoms with van der Waals surface area (Å²) in [4.78, 5) is 18.0. The van der Waals surface area contributed by atoms with Gasteiger partial charge in [-0.15, -0.1) is 11.3 Å². The summed E-state index contributed by atoms with van der Waals surface area (Å²) in [5.41, 5.74) is 2.29. The Bertz CT molecular complexity index is 948. The van der Waals surface area contributed by atoms with E-state index in [9.17, 15) is 4.79 Å². The lowest BCUT2D eigenvalue weighted by Gasteiger charge is -2.34. The molecule has 1 aromatic heterocycles. The summed E-state index contributed by atoms with van der Waals surface area (Å²) in [6.45, 7) is 4.64. The van der Waals surface area contributed by atoms with Crippen LogP contribution < -0.4 is 9.47 Å². The second kappa shape index (κ2) is 9.78. The number of hydrogen-bond donors (Lipinski definition) is 0. The molecule has 6 heteroatoms. The summed E-state index contributed by atoms with van der Waals surface area (Å²) < 4.78 is 11.0. The summed E-state index contributed by atoms with van der Waals surface area (Å²) in [5.74, 6) is 1.83. The highest BCUT2D eigenvalue weighted by molar-refractivity contribution is 7.12. The Morgan fingerprint density at radius 2 is 1.67 bits per heavy atom. The van der Waals surface area contributed by atoms with E-state index < -0.39 is 0 Å². The standard InChI is InChI=1S/C24H26N2O3S/c1-28-21-9-7-19(8-10-21)16-25-11-13-26(14-12-25)24(27)23-15-20(18-30-23)17-29-22-5-3-2-4-6-22/h2-10,15,18H,11-14,16-17H2,1H3. The predicted octanol–water partition coefficient (Wildman–Crippen LogP) is 4.29. The molecule has 5 nitrogen and oxygen atoms in total. The molecule has 0 spiro atoms. The largest absolute Gasteiger partial charge is 0.497 e. The first-order valence-corrected chi connectivity index (χ1v) is 11.0. The zero-order valence-corrected chi connectivity index (χ0v) is 17.9. The Morgan fingerprint density at radius 1 is 0.933 bits per heavy atom. The number of ether oxygens (including phenoxy) is 2. The Kier molecular flexibility index (Phi) is 6.67. The molecule has 1 aliphatic heterocycles. The van der Waals surface area contributed by atoms with Crippen molar-refractivity contribution in [2.24, 2.45) is 0 Å². The fourth-order valence-corrected chi connectivity index (χ4v) is 4.36. The third kappa shape index (κ3) is 5.20. The highest BCUT2D eigenvalue weighted by Gasteiger charge is 2.23. The van der Waals surface area contributed by atoms with Crippen LogP contribution in [0.15, 0.2) is 66.0 Å². The van der Waals surface area contributed by atoms with Crippen LogP contribution in [0.3, 0.4) is 0 Å². The van der Waals surface area contributed by atoms with Gasteiger partial charge in [-0.05, 0) is 41.3 Å². The van der Waals surface area contributed by atoms with Crippen LogP contribution in [0.5, 0.6) is 11.5 Å². The number of thiophene rings is 1. The SMILES string of the molecule is COc1ccc(CN2CCN(C(=O)c3cc(COc4ccccc4)cs3)CC2)cc1. The molecule has 4 rings (SSSR count). The van der Waals surface area contributed by atoms with E-state index in [1.54, 1.807) is 7.11 Å². The van der Waals surface area contributed by atoms with Crippen molar-refractivity contribution < 1.29 is 14.3 Å². The number of amides is 1. The Labute approximate surface area is 181 Å². The van der Waals surface area contributed by atoms with Crippen molar-refractivity contribution in [3.63, 3.8) is 0 Å². The van der Waals surface area contributed by atoms with Crippen molar-refractivity contribution in [3.05, 3.63) is 82.0 Å². The number of rotatable bonds is 7. The van der Waals surface area contributed by atoms with Gasteiger partial charge in [0.2, 0.25) is 0 Å². The van der Waals surface area contributed by atoms with Gasteiger partial charge in [0.25, 0.3) is 5.91 Å². The third-order valence-corrected chi connectivity index (χ3v) is 6.20. The number of nitrogens with zero attached hydrogens (tertiary/aromatic N) is 2. The lowest BCUT2D eigenvalue weighted by atomic mass is 10.2. The van der Waals surface area contributed by atoms with Crippen molar-refractivity contribution in [1.29, 1.82) is 0 Å². The van der Waals surface area contributed by atoms with Crippen LogP contribution in [0.2, 0.25) is 0 Å². The molecule has 1 fully saturated rings. The first-order chi connectivity index (χ1) is 14.7. The van der Waals surface area contributed by atoms with Crippen LogP contribution in [-0.2, 0) is 13.2 Å². The lowest BCUT2D eigenvalue weighted by Crippen LogP contribution is -2.48. The summed E-state index contributed by atoms with van der Waals surface area (Å²) in [6, 6.07) is 19.9. The minimum atomic E-state index is 0.120. The molecule has 0 atom stereocenters. The molecule has 1 amide bonds. The van der Waals surface area contributed by atoms with Crippen LogP contribution in [-0.4, -0.2) is 49.0 Å². The number of hydrogen-bond acceptors (Lipinski definition) is 5. The molecule has 0 radical (unpaired) electrons. The van der Waals surface area contributed by atoms with Crippen molar-refractivity contribution in [2.45, 2.75) is 13.2 Å². The monoisotopic (exact) mass is 422 g/mol. The lowest BCUT2D eigenvalue weighted by molar-refractivity contribution is 0.0633. The number of piperazine rings is 1. The van der Waals surface area contributed by atoms with E-state index >= 15 is 0 Å². The van der Waals surface area contributed by atoms with E-state index in [1.807, 2.05) is 58.8 Å². The zero-order chi connectivity index (χ0) is 20.8. The molecule has 3 aromatic rings. The number of para-hydroxylation sites is 1. The summed E-state index contributed by atoms with van der Waals surface area (Å²) >= 11 is 1.50. The van der Waals surface area contributed by atoms with E-state index in [2.05, 4.69) is 17.0 Å². The van der Waals surface area contributed by atoms with Crippen LogP contribution in [0.1, 0.15) is 20.8 Å². The summed E-state index contributed by atoms with van der Waals surface area (Å²) in [7, 11) is 1.68. The molecule has 1 saturated heterocycles. The fraction of sp³-hybridized carbons (Fsp3) is 0.292. The van der Waals surface area contributed by atoms with Crippen molar-refractivity contribution in [3.8, 4) is 11.5 Å². The molecule has 0 saturated carbocycles. The maximum absolute atomic E-state index is 12.9. The van der Waals surface area contributed by atoms with Crippen LogP contribution in [0.4, 0.5) is 0 Å². The molecule has 0 N–H and O–H groups in total. The molecule has 1 aliphatic rings. The molecule has 0 aliphatic carbocycles. The van der Waals surface area contributed by atoms with E-state index in [0.717, 1.165) is 54.7 Å². The molecular formula is C24H26N2O3S. The predicted molar refractivity (Wildman–Crippen MR) is 119 cm³/mol. The normalized spacial score (nSPS) is 14.5. The molecule has 156 valence electrons. The van der Waals surface area contributed by atoms with Crippen molar-refractivity contribution in [1.82, 2.24) is 9.80 Å². The molecule has 30 heavy (non-hydrogen) atoms. The molecule has 2 aromatic carbocycles. The number of methoxy groups -OCH3 is 1. The highest BCUT2D eigenvalue weighted by atomic mass is 32.1. The van der Waals surface area contributed by atoms with Gasteiger partial charge in [-0.1, -0.05) is 30.3 Å². The quantitative estimate of drug-likeness (QED) is 0.570. The van der Waals surface area contributed by atoms with Gasteiger partial charge in [0.15, 0.2) is 0 Å². The molecule has 0 unspecified atom stereocenters. The smallest absolute Gasteiger partial charge is 0.264 e. The van der Waals surface area contributed by atoms with Crippen LogP contribution >= 0.6 is 11.3 Å². The maximum atomic E-state index is 12.9. The van der Waals surface area contributed by atoms with Gasteiger partial charge in [-0.3, -0.25) is 9.69 Å². The Morgan fingerprint density at radius 3 is 2.37 bits per heavy atom. The van der Waals surface area contributed by atoms with Gasteiger partial charge in [0, 0.05) is 38.3 Å². The van der Waals surface area contributed by atoms with Crippen LogP contribution in [0.25, 0.3) is 0 Å². The summed E-state index contributed by atoms with van der Waals surface area (Å²) in [6.07, 6.45) is 0. The highest BCUT2D eigenvalue weighted by Crippen LogP contribution is 2.21. The Balaban J connectivity index is 1.26. The molecule has 2 heterocycles. The zero-order valence-electron chi connectivity index (χ0n) is 17.1. The van der Waals surface area contributed by atoms with Gasteiger partial charge in [0.05, 0.1) is 12.0 Å². The topological polar surface area (TPSA) is 42.0 Å². The van der Waals surface area contributed by atoms with Crippen molar-refractivity contribution >= 4 is 17.2 Å². The average Bonchev–Trinajstić information content (AvgIpc) is 3.28. The molecule has 0 bridgehead atoms. The summed E-state index contributed by atoms with van der Waals surface area (Å²) in [5, 5.41) is 2.01. The van der Waals surface area contributed by atoms with Gasteiger partial charge in [0.1, 0.15) is 18.1 Å². The van der Waals surface area contributed by atoms with E-state index in [0.29, 0.717) is 6.61 Å². The van der Waals surface area contributed by atoms with Gasteiger partial charge >= 0.3 is 0 Å². The van der Waals surface area contributed by atoms with Crippen molar-refractivity contribution in [2.75, 3.05) is 33.3 Å². The van der Waals surface area contributed by atoms with E-state index in [1.165, 1.54) is 16.9 Å². The van der Waals surface area contributed by atoms with Gasteiger partial charge in [-0.25, -0.2) is 0 Å². The maximum Gasteiger partial charge on any atom is 0.264 e. The fourth-order valence-electron chi connectivity index (χ4n) is 3.50. The van der Waals surface area contributed by atoms with Crippen LogP contribution in [0, 0.1) is 0 Å². The Hall–Kier alpha value is -2.83. The minimum absolute atomic E-state index is 0.120. The van der Waals surface area contributed by atoms with Gasteiger partial charge in [-0.2, -0.15) is 0 Å². The van der Waals surface area contributed by atoms with E-state index in [4.69, 9.17) is 9.47 Å². The number of carbonyl (C=O) groups is 1. The minimum Gasteiger partial charge on any atom is -0.497 e. The average molecular weight is 423 g/mol. The van der Waals surface area contributed by atoms with Gasteiger partial charge < -0.3 is 14.4 Å². The third-order valence-electron chi connectivity index (χ3n) is 5.24. The number of benzene rings is 2. The second-order valence-electron chi connectivity index (χ2n) is 7.34. The second-order valence-corrected chi connectivity index (χ2v) is 8.25. The first kappa shape index (κ1) is 20.4. The van der Waals surface area contributed by atoms with E-state index in [-0.39, 0.29) is 5.91 Å². The first-order valence-electron chi connectivity index (χ1n) is 10.1. The number of carbonyl (C=O) groups excluding carboxylic acids is 1. The molecular weight excluding hydrogens is 396 g/mol.